The third-order valence-corrected chi connectivity index (χ3v) is 3.56. The van der Waals surface area contributed by atoms with E-state index in [-0.39, 0.29) is 30.4 Å². The number of esters is 1. The molecule has 7 heteroatoms. The molecule has 1 N–H and O–H groups in total. The fraction of sp³-hybridized carbons (Fsp3) is 0.750. The van der Waals surface area contributed by atoms with Gasteiger partial charge in [-0.25, -0.2) is 4.79 Å². The first-order chi connectivity index (χ1) is 9.11. The van der Waals surface area contributed by atoms with Crippen LogP contribution in [0, 0.1) is 5.92 Å². The van der Waals surface area contributed by atoms with E-state index in [1.807, 2.05) is 4.90 Å². The van der Waals surface area contributed by atoms with Gasteiger partial charge in [0.1, 0.15) is 0 Å². The standard InChI is InChI=1S/C12H19N3O4/c1-19-11(17)9-3-2-5-14(7-9)8-10(16)15-6-4-13-12(15)18/h9H,2-8H2,1H3,(H,13,18)/t9-/m0/s1. The molecule has 0 bridgehead atoms. The van der Waals surface area contributed by atoms with Crippen LogP contribution in [0.5, 0.6) is 0 Å². The molecule has 2 heterocycles. The van der Waals surface area contributed by atoms with Crippen molar-refractivity contribution in [1.29, 1.82) is 0 Å². The van der Waals surface area contributed by atoms with E-state index in [1.165, 1.54) is 12.0 Å². The van der Waals surface area contributed by atoms with Crippen LogP contribution in [-0.2, 0) is 14.3 Å². The molecule has 2 aliphatic rings. The van der Waals surface area contributed by atoms with E-state index in [4.69, 9.17) is 4.74 Å². The summed E-state index contributed by atoms with van der Waals surface area (Å²) < 4.78 is 4.73. The van der Waals surface area contributed by atoms with Crippen molar-refractivity contribution < 1.29 is 19.1 Å². The number of nitrogens with one attached hydrogen (secondary N) is 1. The van der Waals surface area contributed by atoms with Crippen LogP contribution in [0.15, 0.2) is 0 Å². The van der Waals surface area contributed by atoms with Crippen LogP contribution in [0.25, 0.3) is 0 Å². The topological polar surface area (TPSA) is 79.0 Å². The van der Waals surface area contributed by atoms with Gasteiger partial charge in [0.05, 0.1) is 19.6 Å². The highest BCUT2D eigenvalue weighted by atomic mass is 16.5. The van der Waals surface area contributed by atoms with Crippen molar-refractivity contribution in [2.75, 3.05) is 39.8 Å². The van der Waals surface area contributed by atoms with Crippen molar-refractivity contribution in [3.8, 4) is 0 Å². The van der Waals surface area contributed by atoms with Crippen molar-refractivity contribution in [3.63, 3.8) is 0 Å². The van der Waals surface area contributed by atoms with Gasteiger partial charge in [0, 0.05) is 19.6 Å². The third kappa shape index (κ3) is 3.23. The molecule has 2 aliphatic heterocycles. The number of hydrogen-bond donors (Lipinski definition) is 1. The minimum Gasteiger partial charge on any atom is -0.469 e. The van der Waals surface area contributed by atoms with Gasteiger partial charge in [-0.3, -0.25) is 19.4 Å². The number of carbonyl (C=O) groups is 3. The summed E-state index contributed by atoms with van der Waals surface area (Å²) in [7, 11) is 1.38. The summed E-state index contributed by atoms with van der Waals surface area (Å²) in [6.45, 7) is 2.41. The number of urea groups is 1. The third-order valence-electron chi connectivity index (χ3n) is 3.56. The largest absolute Gasteiger partial charge is 0.469 e. The van der Waals surface area contributed by atoms with Crippen LogP contribution in [0.2, 0.25) is 0 Å². The fourth-order valence-electron chi connectivity index (χ4n) is 2.54. The van der Waals surface area contributed by atoms with Gasteiger partial charge in [0.25, 0.3) is 0 Å². The van der Waals surface area contributed by atoms with E-state index in [0.29, 0.717) is 19.6 Å². The van der Waals surface area contributed by atoms with Gasteiger partial charge in [0.2, 0.25) is 5.91 Å². The van der Waals surface area contributed by atoms with Crippen molar-refractivity contribution in [2.24, 2.45) is 5.92 Å². The summed E-state index contributed by atoms with van der Waals surface area (Å²) >= 11 is 0. The molecule has 0 aromatic heterocycles. The first-order valence-electron chi connectivity index (χ1n) is 6.50. The second-order valence-corrected chi connectivity index (χ2v) is 4.87. The molecule has 0 aromatic rings. The molecule has 0 aromatic carbocycles. The minimum atomic E-state index is -0.327. The van der Waals surface area contributed by atoms with E-state index in [9.17, 15) is 14.4 Å². The van der Waals surface area contributed by atoms with E-state index in [1.54, 1.807) is 0 Å². The van der Waals surface area contributed by atoms with Crippen molar-refractivity contribution >= 4 is 17.9 Å². The summed E-state index contributed by atoms with van der Waals surface area (Å²) in [5.41, 5.74) is 0. The van der Waals surface area contributed by atoms with Gasteiger partial charge >= 0.3 is 12.0 Å². The lowest BCUT2D eigenvalue weighted by Gasteiger charge is -2.31. The molecule has 0 spiro atoms. The normalized spacial score (nSPS) is 24.2. The maximum atomic E-state index is 12.0. The minimum absolute atomic E-state index is 0.168. The predicted molar refractivity (Wildman–Crippen MR) is 66.3 cm³/mol. The molecule has 2 fully saturated rings. The molecule has 19 heavy (non-hydrogen) atoms. The molecule has 0 saturated carbocycles. The fourth-order valence-corrected chi connectivity index (χ4v) is 2.54. The Bertz CT molecular complexity index is 385. The quantitative estimate of drug-likeness (QED) is 0.694. The number of methoxy groups -OCH3 is 1. The number of amides is 3. The molecule has 2 rings (SSSR count). The van der Waals surface area contributed by atoms with Gasteiger partial charge < -0.3 is 10.1 Å². The van der Waals surface area contributed by atoms with Crippen LogP contribution in [0.1, 0.15) is 12.8 Å². The molecular weight excluding hydrogens is 250 g/mol. The van der Waals surface area contributed by atoms with Crippen molar-refractivity contribution in [1.82, 2.24) is 15.1 Å². The number of likely N-dealkylation sites (tertiary alicyclic amines) is 1. The lowest BCUT2D eigenvalue weighted by molar-refractivity contribution is -0.148. The average Bonchev–Trinajstić information content (AvgIpc) is 2.84. The highest BCUT2D eigenvalue weighted by molar-refractivity contribution is 5.96. The number of piperidine rings is 1. The van der Waals surface area contributed by atoms with Crippen LogP contribution in [0.4, 0.5) is 4.79 Å². The molecule has 0 unspecified atom stereocenters. The number of hydrogen-bond acceptors (Lipinski definition) is 5. The highest BCUT2D eigenvalue weighted by Gasteiger charge is 2.31. The van der Waals surface area contributed by atoms with E-state index in [0.717, 1.165) is 19.4 Å². The molecule has 0 aliphatic carbocycles. The Morgan fingerprint density at radius 3 is 2.84 bits per heavy atom. The lowest BCUT2D eigenvalue weighted by Crippen LogP contribution is -2.46. The van der Waals surface area contributed by atoms with Crippen LogP contribution < -0.4 is 5.32 Å². The summed E-state index contributed by atoms with van der Waals surface area (Å²) in [6, 6.07) is -0.327. The zero-order valence-electron chi connectivity index (χ0n) is 11.1. The Kier molecular flexibility index (Phi) is 4.36. The van der Waals surface area contributed by atoms with Gasteiger partial charge in [-0.1, -0.05) is 0 Å². The summed E-state index contributed by atoms with van der Waals surface area (Å²) in [4.78, 5) is 38.0. The smallest absolute Gasteiger partial charge is 0.324 e. The predicted octanol–water partition coefficient (Wildman–Crippen LogP) is -0.577. The lowest BCUT2D eigenvalue weighted by atomic mass is 9.98. The zero-order valence-corrected chi connectivity index (χ0v) is 11.1. The second-order valence-electron chi connectivity index (χ2n) is 4.87. The second kappa shape index (κ2) is 6.01. The van der Waals surface area contributed by atoms with E-state index < -0.39 is 0 Å². The zero-order chi connectivity index (χ0) is 13.8. The number of ether oxygens (including phenoxy) is 1. The molecular formula is C12H19N3O4. The maximum Gasteiger partial charge on any atom is 0.324 e. The maximum absolute atomic E-state index is 12.0. The SMILES string of the molecule is COC(=O)[C@H]1CCCN(CC(=O)N2CCNC2=O)C1. The first kappa shape index (κ1) is 13.8. The van der Waals surface area contributed by atoms with Gasteiger partial charge in [-0.2, -0.15) is 0 Å². The summed E-state index contributed by atoms with van der Waals surface area (Å²) in [6.07, 6.45) is 1.65. The number of nitrogens with zero attached hydrogens (tertiary/aromatic N) is 2. The average molecular weight is 269 g/mol. The Morgan fingerprint density at radius 2 is 2.21 bits per heavy atom. The van der Waals surface area contributed by atoms with Crippen LogP contribution in [0.3, 0.4) is 0 Å². The Balaban J connectivity index is 1.86. The molecule has 1 atom stereocenters. The molecule has 2 saturated heterocycles. The Hall–Kier alpha value is -1.63. The van der Waals surface area contributed by atoms with Crippen LogP contribution >= 0.6 is 0 Å². The molecule has 0 radical (unpaired) electrons. The van der Waals surface area contributed by atoms with Gasteiger partial charge in [0.15, 0.2) is 0 Å². The monoisotopic (exact) mass is 269 g/mol. The molecule has 3 amide bonds. The van der Waals surface area contributed by atoms with Crippen LogP contribution in [-0.4, -0.2) is 67.5 Å². The Morgan fingerprint density at radius 1 is 1.42 bits per heavy atom. The highest BCUT2D eigenvalue weighted by Crippen LogP contribution is 2.17. The first-order valence-corrected chi connectivity index (χ1v) is 6.50. The number of imide groups is 1. The molecule has 7 nitrogen and oxygen atoms in total. The number of carbonyl (C=O) groups excluding carboxylic acids is 3. The van der Waals surface area contributed by atoms with E-state index in [2.05, 4.69) is 5.32 Å². The summed E-state index contributed by atoms with van der Waals surface area (Å²) in [5, 5.41) is 2.60. The number of rotatable bonds is 3. The van der Waals surface area contributed by atoms with Crippen molar-refractivity contribution in [2.45, 2.75) is 12.8 Å². The Labute approximate surface area is 111 Å². The summed E-state index contributed by atoms with van der Waals surface area (Å²) in [5.74, 6) is -0.601. The van der Waals surface area contributed by atoms with Gasteiger partial charge in [-0.15, -0.1) is 0 Å². The molecule has 106 valence electrons. The van der Waals surface area contributed by atoms with Gasteiger partial charge in [-0.05, 0) is 19.4 Å². The van der Waals surface area contributed by atoms with Crippen molar-refractivity contribution in [3.05, 3.63) is 0 Å². The van der Waals surface area contributed by atoms with E-state index >= 15 is 0 Å².